The van der Waals surface area contributed by atoms with Crippen LogP contribution >= 0.6 is 46.9 Å². The number of aryl methyl sites for hydroxylation is 2. The fourth-order valence-electron chi connectivity index (χ4n) is 2.40. The Morgan fingerprint density at radius 3 is 2.57 bits per heavy atom. The molecule has 0 saturated heterocycles. The van der Waals surface area contributed by atoms with Gasteiger partial charge in [-0.05, 0) is 38.5 Å². The minimum absolute atomic E-state index is 0. The molecule has 1 aromatic heterocycles. The Labute approximate surface area is 192 Å². The molecule has 0 saturated carbocycles. The zero-order chi connectivity index (χ0) is 19.8. The number of carbonyl (C=O) groups excluding carboxylic acids is 1. The first-order chi connectivity index (χ1) is 12.9. The van der Waals surface area contributed by atoms with Crippen LogP contribution in [0.2, 0.25) is 5.02 Å². The van der Waals surface area contributed by atoms with E-state index in [1.54, 1.807) is 24.5 Å². The lowest BCUT2D eigenvalue weighted by molar-refractivity contribution is -0.116. The van der Waals surface area contributed by atoms with Gasteiger partial charge in [-0.1, -0.05) is 17.7 Å². The van der Waals surface area contributed by atoms with Crippen LogP contribution in [0.4, 0.5) is 5.69 Å². The molecule has 0 radical (unpaired) electrons. The number of aromatic nitrogens is 1. The topological polar surface area (TPSA) is 78.4 Å². The second kappa shape index (κ2) is 12.2. The third-order valence-electron chi connectivity index (χ3n) is 4.11. The Kier molecular flexibility index (Phi) is 10.8. The van der Waals surface area contributed by atoms with Crippen molar-refractivity contribution in [1.29, 1.82) is 0 Å². The van der Waals surface area contributed by atoms with Crippen molar-refractivity contribution in [2.75, 3.05) is 25.5 Å². The number of anilines is 1. The maximum absolute atomic E-state index is 12.1. The first-order valence-electron chi connectivity index (χ1n) is 8.83. The summed E-state index contributed by atoms with van der Waals surface area (Å²) >= 11 is 7.80. The van der Waals surface area contributed by atoms with Crippen LogP contribution in [0.5, 0.6) is 0 Å². The number of guanidine groups is 1. The molecule has 0 aliphatic heterocycles. The summed E-state index contributed by atoms with van der Waals surface area (Å²) in [5.74, 6) is 0.601. The molecule has 0 bridgehead atoms. The van der Waals surface area contributed by atoms with Gasteiger partial charge >= 0.3 is 0 Å². The second-order valence-electron chi connectivity index (χ2n) is 6.14. The van der Waals surface area contributed by atoms with E-state index in [1.165, 1.54) is 4.88 Å². The summed E-state index contributed by atoms with van der Waals surface area (Å²) in [6, 6.07) is 5.47. The SMILES string of the molecule is CN=C(NCCC(=O)Nc1cccc(Cl)c1C)NCCc1nc(C)c(C)s1.I. The molecule has 28 heavy (non-hydrogen) atoms. The number of nitrogens with one attached hydrogen (secondary N) is 3. The van der Waals surface area contributed by atoms with Gasteiger partial charge < -0.3 is 16.0 Å². The smallest absolute Gasteiger partial charge is 0.226 e. The van der Waals surface area contributed by atoms with Crippen LogP contribution in [0, 0.1) is 20.8 Å². The number of hydrogen-bond donors (Lipinski definition) is 3. The number of carbonyl (C=O) groups is 1. The summed E-state index contributed by atoms with van der Waals surface area (Å²) in [4.78, 5) is 22.1. The maximum Gasteiger partial charge on any atom is 0.226 e. The number of nitrogens with zero attached hydrogens (tertiary/aromatic N) is 2. The van der Waals surface area contributed by atoms with Crippen LogP contribution in [0.3, 0.4) is 0 Å². The van der Waals surface area contributed by atoms with E-state index >= 15 is 0 Å². The fraction of sp³-hybridized carbons (Fsp3) is 0.421. The van der Waals surface area contributed by atoms with E-state index in [9.17, 15) is 4.79 Å². The number of hydrogen-bond acceptors (Lipinski definition) is 4. The Balaban J connectivity index is 0.00000392. The van der Waals surface area contributed by atoms with Crippen LogP contribution in [-0.2, 0) is 11.2 Å². The lowest BCUT2D eigenvalue weighted by atomic mass is 10.2. The average molecular weight is 536 g/mol. The van der Waals surface area contributed by atoms with E-state index in [0.29, 0.717) is 23.9 Å². The lowest BCUT2D eigenvalue weighted by Crippen LogP contribution is -2.39. The van der Waals surface area contributed by atoms with E-state index in [-0.39, 0.29) is 29.9 Å². The summed E-state index contributed by atoms with van der Waals surface area (Å²) in [7, 11) is 1.71. The second-order valence-corrected chi connectivity index (χ2v) is 7.83. The van der Waals surface area contributed by atoms with Crippen molar-refractivity contribution in [2.24, 2.45) is 4.99 Å². The van der Waals surface area contributed by atoms with E-state index in [0.717, 1.165) is 34.9 Å². The van der Waals surface area contributed by atoms with E-state index in [1.807, 2.05) is 26.0 Å². The summed E-state index contributed by atoms with van der Waals surface area (Å²) < 4.78 is 0. The molecule has 0 unspecified atom stereocenters. The van der Waals surface area contributed by atoms with Crippen molar-refractivity contribution in [3.63, 3.8) is 0 Å². The molecule has 6 nitrogen and oxygen atoms in total. The van der Waals surface area contributed by atoms with Crippen LogP contribution in [-0.4, -0.2) is 37.0 Å². The quantitative estimate of drug-likeness (QED) is 0.284. The average Bonchev–Trinajstić information content (AvgIpc) is 2.95. The Morgan fingerprint density at radius 2 is 1.93 bits per heavy atom. The molecule has 3 N–H and O–H groups in total. The van der Waals surface area contributed by atoms with Gasteiger partial charge in [0.05, 0.1) is 10.7 Å². The Hall–Kier alpha value is -1.39. The normalized spacial score (nSPS) is 11.0. The Morgan fingerprint density at radius 1 is 1.21 bits per heavy atom. The molecule has 9 heteroatoms. The number of halogens is 2. The van der Waals surface area contributed by atoms with Crippen LogP contribution < -0.4 is 16.0 Å². The van der Waals surface area contributed by atoms with Crippen molar-refractivity contribution in [3.8, 4) is 0 Å². The summed E-state index contributed by atoms with van der Waals surface area (Å²) in [5, 5.41) is 11.0. The third-order valence-corrected chi connectivity index (χ3v) is 5.66. The predicted octanol–water partition coefficient (Wildman–Crippen LogP) is 4.08. The van der Waals surface area contributed by atoms with Crippen molar-refractivity contribution in [1.82, 2.24) is 15.6 Å². The first kappa shape index (κ1) is 24.6. The number of benzene rings is 1. The molecule has 1 heterocycles. The predicted molar refractivity (Wildman–Crippen MR) is 130 cm³/mol. The van der Waals surface area contributed by atoms with Crippen LogP contribution in [0.1, 0.15) is 27.6 Å². The Bertz CT molecular complexity index is 805. The van der Waals surface area contributed by atoms with Crippen molar-refractivity contribution in [2.45, 2.75) is 33.6 Å². The van der Waals surface area contributed by atoms with Gasteiger partial charge in [0.2, 0.25) is 5.91 Å². The minimum Gasteiger partial charge on any atom is -0.356 e. The highest BCUT2D eigenvalue weighted by molar-refractivity contribution is 14.0. The fourth-order valence-corrected chi connectivity index (χ4v) is 3.51. The molecule has 154 valence electrons. The van der Waals surface area contributed by atoms with Gasteiger partial charge in [0.15, 0.2) is 5.96 Å². The van der Waals surface area contributed by atoms with Crippen molar-refractivity contribution >= 4 is 64.5 Å². The number of aliphatic imine (C=N–C) groups is 1. The summed E-state index contributed by atoms with van der Waals surface area (Å²) in [5.41, 5.74) is 2.70. The molecule has 2 aromatic rings. The standard InChI is InChI=1S/C19H26ClN5OS.HI/c1-12-15(20)6-5-7-16(12)25-17(26)8-10-22-19(21-4)23-11-9-18-24-13(2)14(3)27-18;/h5-7H,8-11H2,1-4H3,(H,25,26)(H2,21,22,23);1H. The highest BCUT2D eigenvalue weighted by Crippen LogP contribution is 2.22. The number of amides is 1. The van der Waals surface area contributed by atoms with Gasteiger partial charge in [-0.15, -0.1) is 35.3 Å². The molecule has 0 fully saturated rings. The molecule has 1 amide bonds. The molecule has 0 spiro atoms. The molecule has 0 atom stereocenters. The largest absolute Gasteiger partial charge is 0.356 e. The molecule has 1 aromatic carbocycles. The van der Waals surface area contributed by atoms with E-state index in [4.69, 9.17) is 11.6 Å². The van der Waals surface area contributed by atoms with Crippen molar-refractivity contribution in [3.05, 3.63) is 44.4 Å². The summed E-state index contributed by atoms with van der Waals surface area (Å²) in [6.07, 6.45) is 1.17. The van der Waals surface area contributed by atoms with E-state index in [2.05, 4.69) is 32.9 Å². The third kappa shape index (κ3) is 7.56. The van der Waals surface area contributed by atoms with Gasteiger partial charge in [-0.3, -0.25) is 9.79 Å². The molecule has 0 aliphatic rings. The minimum atomic E-state index is -0.0722. The monoisotopic (exact) mass is 535 g/mol. The number of rotatable bonds is 7. The van der Waals surface area contributed by atoms with Gasteiger partial charge in [0, 0.05) is 48.6 Å². The molecular formula is C19H27ClIN5OS. The highest BCUT2D eigenvalue weighted by Gasteiger charge is 2.08. The maximum atomic E-state index is 12.1. The van der Waals surface area contributed by atoms with Gasteiger partial charge in [-0.2, -0.15) is 0 Å². The first-order valence-corrected chi connectivity index (χ1v) is 10.0. The molecule has 0 aliphatic carbocycles. The zero-order valence-electron chi connectivity index (χ0n) is 16.6. The van der Waals surface area contributed by atoms with Crippen molar-refractivity contribution < 1.29 is 4.79 Å². The van der Waals surface area contributed by atoms with E-state index < -0.39 is 0 Å². The summed E-state index contributed by atoms with van der Waals surface area (Å²) in [6.45, 7) is 7.22. The zero-order valence-corrected chi connectivity index (χ0v) is 20.5. The van der Waals surface area contributed by atoms with Crippen LogP contribution in [0.15, 0.2) is 23.2 Å². The van der Waals surface area contributed by atoms with Gasteiger partial charge in [0.1, 0.15) is 0 Å². The number of thiazole rings is 1. The highest BCUT2D eigenvalue weighted by atomic mass is 127. The van der Waals surface area contributed by atoms with Gasteiger partial charge in [0.25, 0.3) is 0 Å². The van der Waals surface area contributed by atoms with Gasteiger partial charge in [-0.25, -0.2) is 4.98 Å². The molecular weight excluding hydrogens is 509 g/mol. The molecule has 2 rings (SSSR count). The van der Waals surface area contributed by atoms with Crippen LogP contribution in [0.25, 0.3) is 0 Å². The lowest BCUT2D eigenvalue weighted by Gasteiger charge is -2.12.